The van der Waals surface area contributed by atoms with Gasteiger partial charge in [-0.05, 0) is 37.8 Å². The average Bonchev–Trinajstić information content (AvgIpc) is 2.42. The second kappa shape index (κ2) is 8.77. The third kappa shape index (κ3) is 6.45. The van der Waals surface area contributed by atoms with Crippen molar-refractivity contribution in [1.29, 1.82) is 0 Å². The summed E-state index contributed by atoms with van der Waals surface area (Å²) in [4.78, 5) is 11.5. The number of rotatable bonds is 8. The lowest BCUT2D eigenvalue weighted by molar-refractivity contribution is 0.0497. The molecule has 0 aliphatic heterocycles. The van der Waals surface area contributed by atoms with Gasteiger partial charge in [-0.25, -0.2) is 13.4 Å². The highest BCUT2D eigenvalue weighted by molar-refractivity contribution is 7.79. The molecule has 1 rings (SSSR count). The molecule has 0 bridgehead atoms. The zero-order valence-corrected chi connectivity index (χ0v) is 11.3. The summed E-state index contributed by atoms with van der Waals surface area (Å²) in [5, 5.41) is 0. The van der Waals surface area contributed by atoms with E-state index in [0.717, 1.165) is 0 Å². The van der Waals surface area contributed by atoms with E-state index in [2.05, 4.69) is 0 Å². The van der Waals surface area contributed by atoms with Crippen LogP contribution in [-0.4, -0.2) is 26.8 Å². The first-order chi connectivity index (χ1) is 9.11. The molecule has 6 heteroatoms. The summed E-state index contributed by atoms with van der Waals surface area (Å²) >= 11 is -2.40. The van der Waals surface area contributed by atoms with Crippen LogP contribution in [0.5, 0.6) is 0 Å². The maximum atomic E-state index is 12.7. The first kappa shape index (κ1) is 15.8. The summed E-state index contributed by atoms with van der Waals surface area (Å²) < 4.78 is 36.6. The highest BCUT2D eigenvalue weighted by Gasteiger charge is 2.12. The number of carbonyl (C=O) groups excluding carboxylic acids is 1. The molecule has 0 aromatic heterocycles. The first-order valence-electron chi connectivity index (χ1n) is 6.07. The number of esters is 1. The molecule has 0 spiro atoms. The van der Waals surface area contributed by atoms with Gasteiger partial charge in [0.05, 0.1) is 12.2 Å². The van der Waals surface area contributed by atoms with Crippen LogP contribution < -0.4 is 0 Å². The van der Waals surface area contributed by atoms with Gasteiger partial charge in [-0.2, -0.15) is 0 Å². The molecule has 1 N–H and O–H groups in total. The molecule has 4 nitrogen and oxygen atoms in total. The van der Waals surface area contributed by atoms with Gasteiger partial charge in [0, 0.05) is 0 Å². The summed E-state index contributed by atoms with van der Waals surface area (Å²) in [5.41, 5.74) is -1.19. The largest absolute Gasteiger partial charge is 0.462 e. The van der Waals surface area contributed by atoms with Crippen LogP contribution in [0.25, 0.3) is 0 Å². The topological polar surface area (TPSA) is 63.6 Å². The highest BCUT2D eigenvalue weighted by Crippen LogP contribution is 2.09. The lowest BCUT2D eigenvalue weighted by atomic mass is 10.2. The van der Waals surface area contributed by atoms with Crippen molar-refractivity contribution in [2.75, 3.05) is 6.61 Å². The van der Waals surface area contributed by atoms with Crippen LogP contribution in [0.1, 0.15) is 36.0 Å². The molecule has 0 heterocycles. The number of unbranched alkanes of at least 4 members (excludes halogenated alkanes) is 2. The minimum atomic E-state index is -2.40. The Morgan fingerprint density at radius 2 is 1.95 bits per heavy atom. The molecule has 0 saturated carbocycles. The quantitative estimate of drug-likeness (QED) is 0.454. The van der Waals surface area contributed by atoms with E-state index in [1.54, 1.807) is 24.3 Å². The first-order valence-corrected chi connectivity index (χ1v) is 7.24. The maximum Gasteiger partial charge on any atom is 0.338 e. The smallest absolute Gasteiger partial charge is 0.338 e. The number of ether oxygens (including phenoxy) is 1. The predicted octanol–water partition coefficient (Wildman–Crippen LogP) is 2.92. The number of hydrogen-bond acceptors (Lipinski definition) is 3. The van der Waals surface area contributed by atoms with Crippen molar-refractivity contribution in [3.63, 3.8) is 0 Å². The fourth-order valence-electron chi connectivity index (χ4n) is 1.51. The minimum absolute atomic E-state index is 0.0513. The standard InChI is InChI=1S/C13H17FO4S/c14-12(19(16)17)9-5-2-6-10-18-13(15)11-7-3-1-4-8-11/h1,3-4,7-8,12H,2,5-6,9-10H2,(H,16,17). The van der Waals surface area contributed by atoms with E-state index < -0.39 is 16.6 Å². The number of benzene rings is 1. The molecular weight excluding hydrogens is 271 g/mol. The summed E-state index contributed by atoms with van der Waals surface area (Å²) in [5.74, 6) is -0.375. The van der Waals surface area contributed by atoms with Crippen LogP contribution in [0, 0.1) is 0 Å². The number of hydrogen-bond donors (Lipinski definition) is 1. The Kier molecular flexibility index (Phi) is 7.28. The van der Waals surface area contributed by atoms with Crippen molar-refractivity contribution in [2.24, 2.45) is 0 Å². The highest BCUT2D eigenvalue weighted by atomic mass is 32.2. The van der Waals surface area contributed by atoms with Crippen molar-refractivity contribution in [3.05, 3.63) is 35.9 Å². The molecule has 2 unspecified atom stereocenters. The van der Waals surface area contributed by atoms with E-state index in [1.807, 2.05) is 6.07 Å². The average molecular weight is 288 g/mol. The number of halogens is 1. The van der Waals surface area contributed by atoms with E-state index in [0.29, 0.717) is 24.8 Å². The zero-order chi connectivity index (χ0) is 14.1. The fraction of sp³-hybridized carbons (Fsp3) is 0.462. The normalized spacial score (nSPS) is 13.8. The van der Waals surface area contributed by atoms with Crippen molar-refractivity contribution >= 4 is 17.0 Å². The Balaban J connectivity index is 2.08. The van der Waals surface area contributed by atoms with Crippen LogP contribution in [0.2, 0.25) is 0 Å². The Labute approximate surface area is 114 Å². The van der Waals surface area contributed by atoms with E-state index in [9.17, 15) is 13.4 Å². The van der Waals surface area contributed by atoms with Crippen LogP contribution in [0.15, 0.2) is 30.3 Å². The van der Waals surface area contributed by atoms with Crippen LogP contribution in [-0.2, 0) is 15.8 Å². The Bertz CT molecular complexity index is 410. The predicted molar refractivity (Wildman–Crippen MR) is 70.9 cm³/mol. The molecular formula is C13H17FO4S. The second-order valence-electron chi connectivity index (χ2n) is 4.04. The Morgan fingerprint density at radius 1 is 1.26 bits per heavy atom. The fourth-order valence-corrected chi connectivity index (χ4v) is 1.88. The molecule has 0 saturated heterocycles. The van der Waals surface area contributed by atoms with Crippen molar-refractivity contribution < 1.29 is 22.7 Å². The molecule has 19 heavy (non-hydrogen) atoms. The molecule has 106 valence electrons. The van der Waals surface area contributed by atoms with Gasteiger partial charge >= 0.3 is 5.97 Å². The molecule has 0 aliphatic carbocycles. The van der Waals surface area contributed by atoms with Gasteiger partial charge in [0.15, 0.2) is 16.6 Å². The van der Waals surface area contributed by atoms with E-state index in [4.69, 9.17) is 9.29 Å². The molecule has 0 amide bonds. The van der Waals surface area contributed by atoms with Gasteiger partial charge in [0.25, 0.3) is 0 Å². The zero-order valence-electron chi connectivity index (χ0n) is 10.5. The summed E-state index contributed by atoms with van der Waals surface area (Å²) in [7, 11) is 0. The molecule has 1 aromatic carbocycles. The maximum absolute atomic E-state index is 12.7. The third-order valence-electron chi connectivity index (χ3n) is 2.54. The molecule has 1 aromatic rings. The second-order valence-corrected chi connectivity index (χ2v) is 5.10. The van der Waals surface area contributed by atoms with Crippen LogP contribution in [0.4, 0.5) is 4.39 Å². The van der Waals surface area contributed by atoms with Gasteiger partial charge in [0.2, 0.25) is 0 Å². The molecule has 0 fully saturated rings. The number of alkyl halides is 1. The van der Waals surface area contributed by atoms with E-state index >= 15 is 0 Å². The molecule has 0 radical (unpaired) electrons. The summed E-state index contributed by atoms with van der Waals surface area (Å²) in [6.07, 6.45) is 1.81. The third-order valence-corrected chi connectivity index (χ3v) is 3.21. The molecule has 2 atom stereocenters. The van der Waals surface area contributed by atoms with Gasteiger partial charge in [0.1, 0.15) is 0 Å². The SMILES string of the molecule is O=C(OCCCCCC(F)S(=O)O)c1ccccc1. The van der Waals surface area contributed by atoms with Crippen molar-refractivity contribution in [3.8, 4) is 0 Å². The van der Waals surface area contributed by atoms with Gasteiger partial charge in [-0.3, -0.25) is 0 Å². The van der Waals surface area contributed by atoms with Gasteiger partial charge in [-0.15, -0.1) is 0 Å². The minimum Gasteiger partial charge on any atom is -0.462 e. The lowest BCUT2D eigenvalue weighted by Crippen LogP contribution is -2.08. The van der Waals surface area contributed by atoms with Gasteiger partial charge < -0.3 is 9.29 Å². The van der Waals surface area contributed by atoms with Crippen LogP contribution in [0.3, 0.4) is 0 Å². The Hall–Kier alpha value is -1.27. The monoisotopic (exact) mass is 288 g/mol. The summed E-state index contributed by atoms with van der Waals surface area (Å²) in [6.45, 7) is 0.271. The van der Waals surface area contributed by atoms with Crippen molar-refractivity contribution in [1.82, 2.24) is 0 Å². The van der Waals surface area contributed by atoms with Crippen molar-refractivity contribution in [2.45, 2.75) is 31.2 Å². The lowest BCUT2D eigenvalue weighted by Gasteiger charge is -2.05. The Morgan fingerprint density at radius 3 is 2.58 bits per heavy atom. The number of carbonyl (C=O) groups is 1. The molecule has 0 aliphatic rings. The van der Waals surface area contributed by atoms with E-state index in [1.165, 1.54) is 0 Å². The summed E-state index contributed by atoms with van der Waals surface area (Å²) in [6, 6.07) is 8.68. The van der Waals surface area contributed by atoms with E-state index in [-0.39, 0.29) is 19.0 Å². The van der Waals surface area contributed by atoms with Crippen LogP contribution >= 0.6 is 0 Å². The van der Waals surface area contributed by atoms with Gasteiger partial charge in [-0.1, -0.05) is 18.2 Å².